The summed E-state index contributed by atoms with van der Waals surface area (Å²) in [6.45, 7) is 8.08. The molecule has 0 aromatic heterocycles. The lowest BCUT2D eigenvalue weighted by Gasteiger charge is -2.32. The second-order valence-corrected chi connectivity index (χ2v) is 8.04. The molecule has 2 aromatic rings. The summed E-state index contributed by atoms with van der Waals surface area (Å²) in [5.74, 6) is 1.02. The molecule has 0 unspecified atom stereocenters. The second-order valence-electron chi connectivity index (χ2n) is 8.04. The summed E-state index contributed by atoms with van der Waals surface area (Å²) >= 11 is 0. The Kier molecular flexibility index (Phi) is 8.48. The van der Waals surface area contributed by atoms with Crippen LogP contribution >= 0.6 is 0 Å². The second kappa shape index (κ2) is 11.5. The fourth-order valence-corrected chi connectivity index (χ4v) is 3.95. The number of quaternary nitrogens is 2. The highest BCUT2D eigenvalue weighted by atomic mass is 16.5. The summed E-state index contributed by atoms with van der Waals surface area (Å²) in [7, 11) is 1.67. The minimum atomic E-state index is 0.00211. The van der Waals surface area contributed by atoms with Crippen molar-refractivity contribution in [2.75, 3.05) is 46.4 Å². The molecule has 1 amide bonds. The smallest absolute Gasteiger partial charge is 0.278 e. The van der Waals surface area contributed by atoms with E-state index in [0.717, 1.165) is 44.9 Å². The predicted molar refractivity (Wildman–Crippen MR) is 121 cm³/mol. The summed E-state index contributed by atoms with van der Waals surface area (Å²) < 4.78 is 5.18. The molecule has 160 valence electrons. The molecule has 1 fully saturated rings. The van der Waals surface area contributed by atoms with E-state index in [0.29, 0.717) is 6.54 Å². The molecule has 30 heavy (non-hydrogen) atoms. The lowest BCUT2D eigenvalue weighted by molar-refractivity contribution is -1.02. The summed E-state index contributed by atoms with van der Waals surface area (Å²) in [6, 6.07) is 18.5. The van der Waals surface area contributed by atoms with Crippen molar-refractivity contribution in [1.29, 1.82) is 0 Å². The molecule has 2 aromatic carbocycles. The SMILES string of the molecule is COc1ccc(CCNC(=O)[C@H](C)[NH+]2CC[NH+](C/C=C/c3ccccc3)CC2)cc1. The molecular weight excluding hydrogens is 374 g/mol. The standard InChI is InChI=1S/C25H33N3O2/c1-21(25(29)26-15-14-23-10-12-24(30-2)13-11-23)28-19-17-27(18-20-28)16-6-9-22-7-4-3-5-8-22/h3-13,21H,14-20H2,1-2H3,(H,26,29)/p+2/b9-6+/t21-/m0/s1. The molecule has 1 saturated heterocycles. The van der Waals surface area contributed by atoms with Gasteiger partial charge in [0.2, 0.25) is 0 Å². The predicted octanol–water partition coefficient (Wildman–Crippen LogP) is 0.239. The Bertz CT molecular complexity index is 797. The first kappa shape index (κ1) is 22.1. The van der Waals surface area contributed by atoms with Crippen molar-refractivity contribution in [3.05, 3.63) is 71.8 Å². The van der Waals surface area contributed by atoms with Gasteiger partial charge in [-0.05, 0) is 42.7 Å². The highest BCUT2D eigenvalue weighted by Gasteiger charge is 2.30. The number of amides is 1. The molecule has 5 heteroatoms. The quantitative estimate of drug-likeness (QED) is 0.556. The lowest BCUT2D eigenvalue weighted by Crippen LogP contribution is -3.30. The number of hydrogen-bond donors (Lipinski definition) is 3. The van der Waals surface area contributed by atoms with Crippen molar-refractivity contribution < 1.29 is 19.3 Å². The van der Waals surface area contributed by atoms with Crippen LogP contribution in [0.4, 0.5) is 0 Å². The zero-order chi connectivity index (χ0) is 21.2. The van der Waals surface area contributed by atoms with Gasteiger partial charge in [0.1, 0.15) is 31.9 Å². The summed E-state index contributed by atoms with van der Waals surface area (Å²) in [5.41, 5.74) is 2.46. The minimum Gasteiger partial charge on any atom is -0.497 e. The van der Waals surface area contributed by atoms with Crippen LogP contribution in [0.2, 0.25) is 0 Å². The van der Waals surface area contributed by atoms with Gasteiger partial charge in [0.25, 0.3) is 5.91 Å². The molecule has 0 radical (unpaired) electrons. The van der Waals surface area contributed by atoms with Crippen molar-refractivity contribution in [2.45, 2.75) is 19.4 Å². The first-order valence-electron chi connectivity index (χ1n) is 11.0. The van der Waals surface area contributed by atoms with E-state index in [1.807, 2.05) is 30.3 Å². The molecule has 0 saturated carbocycles. The van der Waals surface area contributed by atoms with Crippen LogP contribution in [0.25, 0.3) is 6.08 Å². The Labute approximate surface area is 180 Å². The molecule has 0 bridgehead atoms. The monoisotopic (exact) mass is 409 g/mol. The van der Waals surface area contributed by atoms with Gasteiger partial charge < -0.3 is 19.9 Å². The van der Waals surface area contributed by atoms with Gasteiger partial charge >= 0.3 is 0 Å². The van der Waals surface area contributed by atoms with Gasteiger partial charge in [0.15, 0.2) is 6.04 Å². The molecule has 1 atom stereocenters. The average Bonchev–Trinajstić information content (AvgIpc) is 2.80. The maximum atomic E-state index is 12.6. The van der Waals surface area contributed by atoms with Crippen molar-refractivity contribution in [3.63, 3.8) is 0 Å². The molecule has 5 nitrogen and oxygen atoms in total. The fraction of sp³-hybridized carbons (Fsp3) is 0.400. The number of ether oxygens (including phenoxy) is 1. The highest BCUT2D eigenvalue weighted by Crippen LogP contribution is 2.11. The number of nitrogens with one attached hydrogen (secondary N) is 3. The molecule has 1 heterocycles. The normalized spacial score (nSPS) is 20.1. The molecule has 1 aliphatic rings. The van der Waals surface area contributed by atoms with Crippen LogP contribution in [0.15, 0.2) is 60.7 Å². The maximum Gasteiger partial charge on any atom is 0.278 e. The molecule has 3 rings (SSSR count). The lowest BCUT2D eigenvalue weighted by atomic mass is 10.1. The van der Waals surface area contributed by atoms with E-state index in [4.69, 9.17) is 4.74 Å². The number of benzene rings is 2. The summed E-state index contributed by atoms with van der Waals surface area (Å²) in [4.78, 5) is 15.6. The van der Waals surface area contributed by atoms with E-state index in [1.165, 1.54) is 16.0 Å². The van der Waals surface area contributed by atoms with Gasteiger partial charge in [-0.1, -0.05) is 48.5 Å². The van der Waals surface area contributed by atoms with Gasteiger partial charge in [-0.2, -0.15) is 0 Å². The van der Waals surface area contributed by atoms with Gasteiger partial charge in [0.05, 0.1) is 13.7 Å². The molecule has 1 aliphatic heterocycles. The number of hydrogen-bond acceptors (Lipinski definition) is 2. The Balaban J connectivity index is 1.35. The minimum absolute atomic E-state index is 0.00211. The summed E-state index contributed by atoms with van der Waals surface area (Å²) in [5, 5.41) is 3.11. The Morgan fingerprint density at radius 2 is 1.77 bits per heavy atom. The van der Waals surface area contributed by atoms with Crippen molar-refractivity contribution >= 4 is 12.0 Å². The van der Waals surface area contributed by atoms with E-state index >= 15 is 0 Å². The number of carbonyl (C=O) groups excluding carboxylic acids is 1. The van der Waals surface area contributed by atoms with Crippen LogP contribution in [0.3, 0.4) is 0 Å². The Morgan fingerprint density at radius 1 is 1.07 bits per heavy atom. The third kappa shape index (κ3) is 6.71. The zero-order valence-electron chi connectivity index (χ0n) is 18.2. The Hall–Kier alpha value is -2.63. The summed E-state index contributed by atoms with van der Waals surface area (Å²) in [6.07, 6.45) is 5.31. The number of rotatable bonds is 9. The van der Waals surface area contributed by atoms with Gasteiger partial charge in [-0.3, -0.25) is 4.79 Å². The number of carbonyl (C=O) groups is 1. The maximum absolute atomic E-state index is 12.6. The topological polar surface area (TPSA) is 47.2 Å². The largest absolute Gasteiger partial charge is 0.497 e. The third-order valence-corrected chi connectivity index (χ3v) is 5.99. The molecule has 0 spiro atoms. The van der Waals surface area contributed by atoms with Crippen LogP contribution in [0.1, 0.15) is 18.1 Å². The van der Waals surface area contributed by atoms with E-state index in [2.05, 4.69) is 48.7 Å². The van der Waals surface area contributed by atoms with E-state index in [-0.39, 0.29) is 11.9 Å². The molecule has 3 N–H and O–H groups in total. The average molecular weight is 410 g/mol. The molecule has 0 aliphatic carbocycles. The van der Waals surface area contributed by atoms with E-state index < -0.39 is 0 Å². The fourth-order valence-electron chi connectivity index (χ4n) is 3.95. The van der Waals surface area contributed by atoms with Crippen LogP contribution in [0, 0.1) is 0 Å². The van der Waals surface area contributed by atoms with Gasteiger partial charge in [0, 0.05) is 6.54 Å². The Morgan fingerprint density at radius 3 is 2.43 bits per heavy atom. The molecular formula is C25H35N3O2+2. The van der Waals surface area contributed by atoms with Crippen molar-refractivity contribution in [2.24, 2.45) is 0 Å². The van der Waals surface area contributed by atoms with Crippen LogP contribution in [-0.4, -0.2) is 58.3 Å². The number of piperazine rings is 1. The first-order valence-corrected chi connectivity index (χ1v) is 11.0. The van der Waals surface area contributed by atoms with Crippen LogP contribution < -0.4 is 19.9 Å². The van der Waals surface area contributed by atoms with Crippen molar-refractivity contribution in [3.8, 4) is 5.75 Å². The van der Waals surface area contributed by atoms with E-state index in [1.54, 1.807) is 12.0 Å². The third-order valence-electron chi connectivity index (χ3n) is 5.99. The highest BCUT2D eigenvalue weighted by molar-refractivity contribution is 5.79. The number of methoxy groups -OCH3 is 1. The van der Waals surface area contributed by atoms with Crippen molar-refractivity contribution in [1.82, 2.24) is 5.32 Å². The zero-order valence-corrected chi connectivity index (χ0v) is 18.2. The van der Waals surface area contributed by atoms with Gasteiger partial charge in [-0.25, -0.2) is 0 Å². The van der Waals surface area contributed by atoms with Crippen LogP contribution in [-0.2, 0) is 11.2 Å². The van der Waals surface area contributed by atoms with Crippen LogP contribution in [0.5, 0.6) is 5.75 Å². The van der Waals surface area contributed by atoms with Gasteiger partial charge in [-0.15, -0.1) is 0 Å². The van der Waals surface area contributed by atoms with E-state index in [9.17, 15) is 4.79 Å². The first-order chi connectivity index (χ1) is 14.7.